The van der Waals surface area contributed by atoms with E-state index in [1.54, 1.807) is 0 Å². The molecule has 0 amide bonds. The molecule has 31 heavy (non-hydrogen) atoms. The summed E-state index contributed by atoms with van der Waals surface area (Å²) in [4.78, 5) is 11.4. The Hall–Kier alpha value is -1.92. The van der Waals surface area contributed by atoms with Crippen molar-refractivity contribution in [2.75, 3.05) is 13.2 Å². The first-order valence-electron chi connectivity index (χ1n) is 11.3. The van der Waals surface area contributed by atoms with Gasteiger partial charge in [0.25, 0.3) is 0 Å². The van der Waals surface area contributed by atoms with E-state index >= 15 is 0 Å². The number of halogens is 1. The number of rotatable bonds is 5. The maximum Gasteiger partial charge on any atom is 0.339 e. The van der Waals surface area contributed by atoms with Gasteiger partial charge in [-0.25, -0.2) is 9.18 Å². The van der Waals surface area contributed by atoms with Crippen molar-refractivity contribution in [3.63, 3.8) is 0 Å². The average Bonchev–Trinajstić information content (AvgIpc) is 2.70. The predicted molar refractivity (Wildman–Crippen MR) is 115 cm³/mol. The molecule has 6 heteroatoms. The number of ether oxygens (including phenoxy) is 3. The number of allylic oxidation sites excluding steroid dienone is 1. The number of benzene rings is 1. The van der Waals surface area contributed by atoms with Crippen molar-refractivity contribution in [1.29, 1.82) is 0 Å². The first-order chi connectivity index (χ1) is 14.6. The molecule has 2 aliphatic carbocycles. The van der Waals surface area contributed by atoms with Crippen LogP contribution in [-0.4, -0.2) is 36.7 Å². The van der Waals surface area contributed by atoms with Crippen LogP contribution in [-0.2, 0) is 9.47 Å². The predicted octanol–water partition coefficient (Wildman–Crippen LogP) is 5.44. The van der Waals surface area contributed by atoms with Gasteiger partial charge >= 0.3 is 5.97 Å². The first-order valence-corrected chi connectivity index (χ1v) is 11.3. The zero-order chi connectivity index (χ0) is 22.4. The Labute approximate surface area is 183 Å². The molecule has 3 aliphatic rings. The van der Waals surface area contributed by atoms with Gasteiger partial charge in [0.15, 0.2) is 6.29 Å². The van der Waals surface area contributed by atoms with Crippen LogP contribution in [0.5, 0.6) is 5.75 Å². The highest BCUT2D eigenvalue weighted by Gasteiger charge is 2.59. The minimum absolute atomic E-state index is 0.0217. The second-order valence-corrected chi connectivity index (χ2v) is 9.94. The van der Waals surface area contributed by atoms with Crippen LogP contribution < -0.4 is 4.74 Å². The van der Waals surface area contributed by atoms with Gasteiger partial charge in [0.05, 0.1) is 19.3 Å². The van der Waals surface area contributed by atoms with Crippen LogP contribution in [0.1, 0.15) is 63.2 Å². The van der Waals surface area contributed by atoms with Crippen molar-refractivity contribution < 1.29 is 28.5 Å². The molecule has 0 bridgehead atoms. The Kier molecular flexibility index (Phi) is 5.90. The maximum atomic E-state index is 13.7. The van der Waals surface area contributed by atoms with Gasteiger partial charge in [0, 0.05) is 11.5 Å². The summed E-state index contributed by atoms with van der Waals surface area (Å²) >= 11 is 0. The third kappa shape index (κ3) is 3.89. The highest BCUT2D eigenvalue weighted by molar-refractivity contribution is 5.90. The zero-order valence-electron chi connectivity index (χ0n) is 18.7. The van der Waals surface area contributed by atoms with E-state index in [1.807, 2.05) is 6.92 Å². The molecule has 1 aromatic rings. The van der Waals surface area contributed by atoms with Gasteiger partial charge in [-0.3, -0.25) is 0 Å². The number of carbonyl (C=O) groups is 1. The van der Waals surface area contributed by atoms with E-state index < -0.39 is 11.8 Å². The maximum absolute atomic E-state index is 13.7. The fourth-order valence-corrected chi connectivity index (χ4v) is 6.57. The van der Waals surface area contributed by atoms with Gasteiger partial charge in [-0.1, -0.05) is 26.0 Å². The van der Waals surface area contributed by atoms with Gasteiger partial charge in [-0.05, 0) is 68.4 Å². The molecular weight excluding hydrogens is 399 g/mol. The SMILES string of the molecule is C=C1CCC2[C@]3(C)CO[C@@H](C)O[C@@H]3CC[C@@]2(C)[C@@H]1CCOc1cc(F)ccc1C(=O)O. The van der Waals surface area contributed by atoms with Gasteiger partial charge in [0.2, 0.25) is 0 Å². The third-order valence-corrected chi connectivity index (χ3v) is 8.14. The summed E-state index contributed by atoms with van der Waals surface area (Å²) in [6.45, 7) is 12.0. The third-order valence-electron chi connectivity index (χ3n) is 8.14. The normalized spacial score (nSPS) is 37.6. The number of aromatic carboxylic acids is 1. The Bertz CT molecular complexity index is 869. The van der Waals surface area contributed by atoms with E-state index in [0.29, 0.717) is 19.1 Å². The number of fused-ring (bicyclic) bond motifs is 3. The summed E-state index contributed by atoms with van der Waals surface area (Å²) in [5, 5.41) is 9.36. The molecule has 1 aromatic carbocycles. The van der Waals surface area contributed by atoms with Crippen LogP contribution in [0.25, 0.3) is 0 Å². The fourth-order valence-electron chi connectivity index (χ4n) is 6.57. The van der Waals surface area contributed by atoms with Crippen LogP contribution in [0.2, 0.25) is 0 Å². The van der Waals surface area contributed by atoms with E-state index in [-0.39, 0.29) is 40.5 Å². The minimum Gasteiger partial charge on any atom is -0.493 e. The number of hydrogen-bond donors (Lipinski definition) is 1. The summed E-state index contributed by atoms with van der Waals surface area (Å²) in [7, 11) is 0. The summed E-state index contributed by atoms with van der Waals surface area (Å²) in [5.41, 5.74) is 1.23. The molecule has 3 fully saturated rings. The summed E-state index contributed by atoms with van der Waals surface area (Å²) < 4.78 is 31.5. The second kappa shape index (κ2) is 8.21. The van der Waals surface area contributed by atoms with Crippen molar-refractivity contribution >= 4 is 5.97 Å². The number of carboxylic acids is 1. The van der Waals surface area contributed by atoms with E-state index in [2.05, 4.69) is 20.4 Å². The minimum atomic E-state index is -1.12. The molecule has 1 saturated heterocycles. The smallest absolute Gasteiger partial charge is 0.339 e. The molecule has 1 N–H and O–H groups in total. The van der Waals surface area contributed by atoms with Gasteiger partial charge < -0.3 is 19.3 Å². The molecule has 1 unspecified atom stereocenters. The van der Waals surface area contributed by atoms with Gasteiger partial charge in [-0.15, -0.1) is 0 Å². The molecule has 4 rings (SSSR count). The zero-order valence-corrected chi connectivity index (χ0v) is 18.7. The summed E-state index contributed by atoms with van der Waals surface area (Å²) in [5.74, 6) is -0.848. The first kappa shape index (κ1) is 22.3. The van der Waals surface area contributed by atoms with Crippen molar-refractivity contribution in [3.8, 4) is 5.75 Å². The van der Waals surface area contributed by atoms with Crippen LogP contribution >= 0.6 is 0 Å². The highest BCUT2D eigenvalue weighted by atomic mass is 19.1. The lowest BCUT2D eigenvalue weighted by Crippen LogP contribution is -2.61. The van der Waals surface area contributed by atoms with E-state index in [0.717, 1.165) is 44.2 Å². The van der Waals surface area contributed by atoms with Gasteiger partial charge in [-0.2, -0.15) is 0 Å². The van der Waals surface area contributed by atoms with Crippen molar-refractivity contribution in [3.05, 3.63) is 41.7 Å². The van der Waals surface area contributed by atoms with Crippen molar-refractivity contribution in [2.45, 2.75) is 65.3 Å². The second-order valence-electron chi connectivity index (χ2n) is 9.94. The Morgan fingerprint density at radius 1 is 1.32 bits per heavy atom. The van der Waals surface area contributed by atoms with Crippen molar-refractivity contribution in [1.82, 2.24) is 0 Å². The molecule has 0 aromatic heterocycles. The monoisotopic (exact) mass is 432 g/mol. The number of hydrogen-bond acceptors (Lipinski definition) is 4. The molecular formula is C25H33FO5. The summed E-state index contributed by atoms with van der Waals surface area (Å²) in [6, 6.07) is 3.53. The molecule has 0 spiro atoms. The highest BCUT2D eigenvalue weighted by Crippen LogP contribution is 2.63. The Balaban J connectivity index is 1.51. The van der Waals surface area contributed by atoms with Gasteiger partial charge in [0.1, 0.15) is 17.1 Å². The lowest BCUT2D eigenvalue weighted by molar-refractivity contribution is -0.297. The molecule has 6 atom stereocenters. The quantitative estimate of drug-likeness (QED) is 0.628. The van der Waals surface area contributed by atoms with Crippen LogP contribution in [0.15, 0.2) is 30.4 Å². The Morgan fingerprint density at radius 3 is 2.84 bits per heavy atom. The Morgan fingerprint density at radius 2 is 2.10 bits per heavy atom. The number of carboxylic acid groups (broad SMARTS) is 1. The standard InChI is InChI=1S/C25H33FO5/c1-15-5-8-21-24(3,11-9-22-25(21,4)14-30-16(2)31-22)19(15)10-12-29-20-13-17(26)6-7-18(20)23(27)28/h6-7,13,16,19,21-22H,1,5,8-12,14H2,2-4H3,(H,27,28)/t16-,19-,21?,22-,24+,25+/m1/s1. The molecule has 1 heterocycles. The average molecular weight is 433 g/mol. The van der Waals surface area contributed by atoms with E-state index in [9.17, 15) is 14.3 Å². The lowest BCUT2D eigenvalue weighted by atomic mass is 9.46. The molecule has 170 valence electrons. The summed E-state index contributed by atoms with van der Waals surface area (Å²) in [6.07, 6.45) is 4.86. The molecule has 0 radical (unpaired) electrons. The van der Waals surface area contributed by atoms with E-state index in [4.69, 9.17) is 14.2 Å². The van der Waals surface area contributed by atoms with Crippen LogP contribution in [0, 0.1) is 28.5 Å². The largest absolute Gasteiger partial charge is 0.493 e. The fraction of sp³-hybridized carbons (Fsp3) is 0.640. The molecule has 5 nitrogen and oxygen atoms in total. The van der Waals surface area contributed by atoms with Crippen LogP contribution in [0.3, 0.4) is 0 Å². The topological polar surface area (TPSA) is 65.0 Å². The van der Waals surface area contributed by atoms with Crippen LogP contribution in [0.4, 0.5) is 4.39 Å². The molecule has 1 aliphatic heterocycles. The lowest BCUT2D eigenvalue weighted by Gasteiger charge is -2.62. The molecule has 2 saturated carbocycles. The van der Waals surface area contributed by atoms with E-state index in [1.165, 1.54) is 11.6 Å². The van der Waals surface area contributed by atoms with Crippen molar-refractivity contribution in [2.24, 2.45) is 22.7 Å².